The fourth-order valence-electron chi connectivity index (χ4n) is 5.02. The number of nitrogens with zero attached hydrogens (tertiary/aromatic N) is 6. The predicted molar refractivity (Wildman–Crippen MR) is 113 cm³/mol. The number of hydrogen-bond acceptors (Lipinski definition) is 4. The van der Waals surface area contributed by atoms with Crippen LogP contribution in [0.1, 0.15) is 29.0 Å². The van der Waals surface area contributed by atoms with Crippen molar-refractivity contribution < 1.29 is 4.79 Å². The second-order valence-corrected chi connectivity index (χ2v) is 8.40. The molecular formula is C23H22N6O. The molecule has 1 fully saturated rings. The Hall–Kier alpha value is -3.48. The molecule has 0 radical (unpaired) electrons. The molecule has 1 unspecified atom stereocenters. The summed E-state index contributed by atoms with van der Waals surface area (Å²) in [7, 11) is 1.81. The van der Waals surface area contributed by atoms with Gasteiger partial charge in [-0.05, 0) is 37.1 Å². The van der Waals surface area contributed by atoms with Gasteiger partial charge >= 0.3 is 0 Å². The van der Waals surface area contributed by atoms with E-state index in [2.05, 4.69) is 33.0 Å². The summed E-state index contributed by atoms with van der Waals surface area (Å²) < 4.78 is 3.78. The molecule has 7 nitrogen and oxygen atoms in total. The van der Waals surface area contributed by atoms with Gasteiger partial charge in [-0.2, -0.15) is 10.2 Å². The molecule has 30 heavy (non-hydrogen) atoms. The standard InChI is InChI=1S/C23H22N6O/c1-27-20(6-9-25-27)22(30)28-10-7-23(15-28)8-11-29-21(23)13-19(26-29)17-12-16-4-2-3-5-18(16)24-14-17/h2-6,9,12-14H,7-8,10-11,15H2,1H3. The van der Waals surface area contributed by atoms with Crippen LogP contribution in [0.15, 0.2) is 54.9 Å². The van der Waals surface area contributed by atoms with Crippen LogP contribution in [0.3, 0.4) is 0 Å². The summed E-state index contributed by atoms with van der Waals surface area (Å²) >= 11 is 0. The Balaban J connectivity index is 1.31. The van der Waals surface area contributed by atoms with Crippen molar-refractivity contribution in [1.82, 2.24) is 29.4 Å². The number of carbonyl (C=O) groups is 1. The molecule has 0 saturated carbocycles. The minimum Gasteiger partial charge on any atom is -0.336 e. The zero-order chi connectivity index (χ0) is 20.3. The molecular weight excluding hydrogens is 376 g/mol. The highest BCUT2D eigenvalue weighted by Gasteiger charge is 2.47. The number of carbonyl (C=O) groups excluding carboxylic acids is 1. The smallest absolute Gasteiger partial charge is 0.272 e. The van der Waals surface area contributed by atoms with Gasteiger partial charge in [0, 0.05) is 61.1 Å². The highest BCUT2D eigenvalue weighted by atomic mass is 16.2. The first-order valence-electron chi connectivity index (χ1n) is 10.3. The first-order chi connectivity index (χ1) is 14.6. The maximum absolute atomic E-state index is 13.0. The Kier molecular flexibility index (Phi) is 3.63. The van der Waals surface area contributed by atoms with Crippen molar-refractivity contribution in [2.75, 3.05) is 13.1 Å². The van der Waals surface area contributed by atoms with Gasteiger partial charge in [0.15, 0.2) is 0 Å². The molecule has 1 atom stereocenters. The molecule has 6 rings (SSSR count). The molecule has 1 spiro atoms. The summed E-state index contributed by atoms with van der Waals surface area (Å²) in [6.07, 6.45) is 5.58. The molecule has 1 saturated heterocycles. The van der Waals surface area contributed by atoms with Crippen molar-refractivity contribution in [3.63, 3.8) is 0 Å². The normalized spacial score (nSPS) is 20.4. The van der Waals surface area contributed by atoms with E-state index in [4.69, 9.17) is 5.10 Å². The fraction of sp³-hybridized carbons (Fsp3) is 0.304. The van der Waals surface area contributed by atoms with E-state index in [0.717, 1.165) is 54.6 Å². The van der Waals surface area contributed by atoms with E-state index >= 15 is 0 Å². The van der Waals surface area contributed by atoms with Gasteiger partial charge < -0.3 is 4.90 Å². The first-order valence-corrected chi connectivity index (χ1v) is 10.3. The highest BCUT2D eigenvalue weighted by Crippen LogP contribution is 2.44. The lowest BCUT2D eigenvalue weighted by atomic mass is 9.82. The van der Waals surface area contributed by atoms with E-state index in [1.807, 2.05) is 36.3 Å². The number of aryl methyl sites for hydroxylation is 2. The topological polar surface area (TPSA) is 68.8 Å². The fourth-order valence-corrected chi connectivity index (χ4v) is 5.02. The van der Waals surface area contributed by atoms with Gasteiger partial charge in [0.2, 0.25) is 0 Å². The molecule has 5 heterocycles. The van der Waals surface area contributed by atoms with Crippen LogP contribution in [-0.4, -0.2) is 48.4 Å². The minimum atomic E-state index is -0.0101. The van der Waals surface area contributed by atoms with Crippen molar-refractivity contribution in [2.24, 2.45) is 7.05 Å². The van der Waals surface area contributed by atoms with Gasteiger partial charge in [-0.3, -0.25) is 19.1 Å². The lowest BCUT2D eigenvalue weighted by molar-refractivity contribution is 0.0772. The summed E-state index contributed by atoms with van der Waals surface area (Å²) in [6.45, 7) is 2.39. The van der Waals surface area contributed by atoms with E-state index in [1.54, 1.807) is 16.9 Å². The SMILES string of the molecule is Cn1nccc1C(=O)N1CCC2(CCn3nc(-c4cnc5ccccc5c4)cc32)C1. The van der Waals surface area contributed by atoms with Crippen LogP contribution >= 0.6 is 0 Å². The largest absolute Gasteiger partial charge is 0.336 e. The van der Waals surface area contributed by atoms with E-state index in [-0.39, 0.29) is 11.3 Å². The van der Waals surface area contributed by atoms with Crippen LogP contribution in [0.25, 0.3) is 22.2 Å². The predicted octanol–water partition coefficient (Wildman–Crippen LogP) is 3.02. The highest BCUT2D eigenvalue weighted by molar-refractivity contribution is 5.92. The molecule has 4 aromatic rings. The first kappa shape index (κ1) is 17.4. The Labute approximate surface area is 173 Å². The number of benzene rings is 1. The van der Waals surface area contributed by atoms with Crippen molar-refractivity contribution in [2.45, 2.75) is 24.8 Å². The van der Waals surface area contributed by atoms with Gasteiger partial charge in [0.05, 0.1) is 11.2 Å². The minimum absolute atomic E-state index is 0.0101. The third kappa shape index (κ3) is 2.51. The lowest BCUT2D eigenvalue weighted by Gasteiger charge is -2.23. The number of rotatable bonds is 2. The van der Waals surface area contributed by atoms with Crippen molar-refractivity contribution in [3.8, 4) is 11.3 Å². The molecule has 0 aliphatic carbocycles. The summed E-state index contributed by atoms with van der Waals surface area (Å²) in [6, 6.07) is 14.3. The van der Waals surface area contributed by atoms with Crippen molar-refractivity contribution >= 4 is 16.8 Å². The number of pyridine rings is 1. The number of likely N-dealkylation sites (tertiary alicyclic amines) is 1. The van der Waals surface area contributed by atoms with Crippen LogP contribution < -0.4 is 0 Å². The van der Waals surface area contributed by atoms with E-state index in [9.17, 15) is 4.79 Å². The summed E-state index contributed by atoms with van der Waals surface area (Å²) in [4.78, 5) is 19.5. The summed E-state index contributed by atoms with van der Waals surface area (Å²) in [5.41, 5.74) is 4.85. The molecule has 7 heteroatoms. The number of para-hydroxylation sites is 1. The Bertz CT molecular complexity index is 1290. The van der Waals surface area contributed by atoms with Gasteiger partial charge in [-0.25, -0.2) is 0 Å². The summed E-state index contributed by atoms with van der Waals surface area (Å²) in [5, 5.41) is 10.1. The van der Waals surface area contributed by atoms with Crippen LogP contribution in [0.4, 0.5) is 0 Å². The van der Waals surface area contributed by atoms with E-state index in [1.165, 1.54) is 5.69 Å². The number of hydrogen-bond donors (Lipinski definition) is 0. The van der Waals surface area contributed by atoms with Gasteiger partial charge in [-0.15, -0.1) is 0 Å². The van der Waals surface area contributed by atoms with Crippen LogP contribution in [0, 0.1) is 0 Å². The van der Waals surface area contributed by atoms with Crippen molar-refractivity contribution in [3.05, 3.63) is 66.2 Å². The Morgan fingerprint density at radius 2 is 1.97 bits per heavy atom. The lowest BCUT2D eigenvalue weighted by Crippen LogP contribution is -2.34. The Morgan fingerprint density at radius 1 is 1.10 bits per heavy atom. The number of amides is 1. The molecule has 1 aromatic carbocycles. The molecule has 3 aromatic heterocycles. The van der Waals surface area contributed by atoms with Gasteiger partial charge in [0.25, 0.3) is 5.91 Å². The molecule has 150 valence electrons. The summed E-state index contributed by atoms with van der Waals surface area (Å²) in [5.74, 6) is 0.0591. The average molecular weight is 398 g/mol. The van der Waals surface area contributed by atoms with Gasteiger partial charge in [-0.1, -0.05) is 18.2 Å². The maximum atomic E-state index is 13.0. The zero-order valence-corrected chi connectivity index (χ0v) is 16.8. The molecule has 2 aliphatic heterocycles. The number of aromatic nitrogens is 5. The van der Waals surface area contributed by atoms with Crippen molar-refractivity contribution in [1.29, 1.82) is 0 Å². The van der Waals surface area contributed by atoms with Crippen LogP contribution in [0.5, 0.6) is 0 Å². The molecule has 2 aliphatic rings. The van der Waals surface area contributed by atoms with E-state index < -0.39 is 0 Å². The Morgan fingerprint density at radius 3 is 2.83 bits per heavy atom. The zero-order valence-electron chi connectivity index (χ0n) is 16.8. The quantitative estimate of drug-likeness (QED) is 0.521. The maximum Gasteiger partial charge on any atom is 0.272 e. The van der Waals surface area contributed by atoms with E-state index in [0.29, 0.717) is 5.69 Å². The van der Waals surface area contributed by atoms with Gasteiger partial charge in [0.1, 0.15) is 5.69 Å². The number of fused-ring (bicyclic) bond motifs is 3. The monoisotopic (exact) mass is 398 g/mol. The third-order valence-electron chi connectivity index (χ3n) is 6.69. The van der Waals surface area contributed by atoms with Crippen LogP contribution in [-0.2, 0) is 19.0 Å². The van der Waals surface area contributed by atoms with Crippen LogP contribution in [0.2, 0.25) is 0 Å². The second-order valence-electron chi connectivity index (χ2n) is 8.40. The third-order valence-corrected chi connectivity index (χ3v) is 6.69. The second kappa shape index (κ2) is 6.26. The molecule has 0 N–H and O–H groups in total. The molecule has 0 bridgehead atoms. The molecule has 1 amide bonds. The average Bonchev–Trinajstić information content (AvgIpc) is 3.54.